The molecule has 0 bridgehead atoms. The van der Waals surface area contributed by atoms with Crippen LogP contribution in [0.1, 0.15) is 23.4 Å². The summed E-state index contributed by atoms with van der Waals surface area (Å²) in [6, 6.07) is -0.0329. The number of aryl methyl sites for hydroxylation is 2. The summed E-state index contributed by atoms with van der Waals surface area (Å²) in [6.45, 7) is 4.90. The Morgan fingerprint density at radius 3 is 2.93 bits per heavy atom. The molecule has 1 fully saturated rings. The number of hydrogen-bond acceptors (Lipinski definition) is 4. The van der Waals surface area contributed by atoms with Crippen molar-refractivity contribution in [1.82, 2.24) is 10.3 Å². The van der Waals surface area contributed by atoms with Crippen molar-refractivity contribution in [2.24, 2.45) is 0 Å². The van der Waals surface area contributed by atoms with Crippen molar-refractivity contribution in [2.75, 3.05) is 11.9 Å². The van der Waals surface area contributed by atoms with E-state index in [-0.39, 0.29) is 11.9 Å². The summed E-state index contributed by atoms with van der Waals surface area (Å²) in [4.78, 5) is 17.2. The molecule has 1 aliphatic rings. The summed E-state index contributed by atoms with van der Waals surface area (Å²) >= 11 is 1.53. The SMILES string of the molecule is Cc1nc(NC(=O)[C@H]2CCCN2)sc1C. The quantitative estimate of drug-likeness (QED) is 0.801. The van der Waals surface area contributed by atoms with Gasteiger partial charge in [0, 0.05) is 4.88 Å². The highest BCUT2D eigenvalue weighted by Gasteiger charge is 2.22. The molecule has 15 heavy (non-hydrogen) atoms. The number of aromatic nitrogens is 1. The molecule has 82 valence electrons. The third-order valence-electron chi connectivity index (χ3n) is 2.64. The van der Waals surface area contributed by atoms with Crippen LogP contribution in [0.4, 0.5) is 5.13 Å². The summed E-state index contributed by atoms with van der Waals surface area (Å²) in [5.74, 6) is 0.0428. The van der Waals surface area contributed by atoms with Crippen LogP contribution < -0.4 is 10.6 Å². The molecule has 1 aromatic rings. The summed E-state index contributed by atoms with van der Waals surface area (Å²) in [7, 11) is 0. The van der Waals surface area contributed by atoms with Crippen molar-refractivity contribution in [3.8, 4) is 0 Å². The molecule has 0 aliphatic carbocycles. The van der Waals surface area contributed by atoms with E-state index in [9.17, 15) is 4.79 Å². The number of carbonyl (C=O) groups excluding carboxylic acids is 1. The van der Waals surface area contributed by atoms with Crippen LogP contribution in [-0.2, 0) is 4.79 Å². The fourth-order valence-electron chi connectivity index (χ4n) is 1.63. The molecule has 0 aromatic carbocycles. The van der Waals surface area contributed by atoms with Gasteiger partial charge in [0.05, 0.1) is 11.7 Å². The molecule has 1 amide bonds. The Kier molecular flexibility index (Phi) is 3.02. The predicted octanol–water partition coefficient (Wildman–Crippen LogP) is 1.45. The van der Waals surface area contributed by atoms with Gasteiger partial charge in [0.2, 0.25) is 5.91 Å². The smallest absolute Gasteiger partial charge is 0.243 e. The molecule has 2 heterocycles. The monoisotopic (exact) mass is 225 g/mol. The van der Waals surface area contributed by atoms with Gasteiger partial charge in [0.25, 0.3) is 0 Å². The van der Waals surface area contributed by atoms with Crippen molar-refractivity contribution in [2.45, 2.75) is 32.7 Å². The molecule has 0 spiro atoms. The molecular formula is C10H15N3OS. The Labute approximate surface area is 93.1 Å². The van der Waals surface area contributed by atoms with Gasteiger partial charge in [-0.15, -0.1) is 11.3 Å². The van der Waals surface area contributed by atoms with Gasteiger partial charge in [0.1, 0.15) is 0 Å². The molecule has 2 rings (SSSR count). The summed E-state index contributed by atoms with van der Waals surface area (Å²) in [6.07, 6.45) is 2.00. The lowest BCUT2D eigenvalue weighted by atomic mass is 10.2. The lowest BCUT2D eigenvalue weighted by Crippen LogP contribution is -2.35. The van der Waals surface area contributed by atoms with E-state index >= 15 is 0 Å². The first kappa shape index (κ1) is 10.6. The number of amides is 1. The molecular weight excluding hydrogens is 210 g/mol. The van der Waals surface area contributed by atoms with Gasteiger partial charge in [-0.3, -0.25) is 4.79 Å². The van der Waals surface area contributed by atoms with Crippen molar-refractivity contribution in [3.63, 3.8) is 0 Å². The largest absolute Gasteiger partial charge is 0.306 e. The molecule has 0 saturated carbocycles. The van der Waals surface area contributed by atoms with E-state index in [0.717, 1.165) is 30.0 Å². The van der Waals surface area contributed by atoms with E-state index in [0.29, 0.717) is 5.13 Å². The van der Waals surface area contributed by atoms with Crippen LogP contribution >= 0.6 is 11.3 Å². The Morgan fingerprint density at radius 2 is 2.40 bits per heavy atom. The van der Waals surface area contributed by atoms with E-state index in [4.69, 9.17) is 0 Å². The van der Waals surface area contributed by atoms with E-state index in [1.807, 2.05) is 13.8 Å². The normalized spacial score (nSPS) is 20.5. The topological polar surface area (TPSA) is 54.0 Å². The minimum atomic E-state index is -0.0329. The third-order valence-corrected chi connectivity index (χ3v) is 3.62. The zero-order chi connectivity index (χ0) is 10.8. The Morgan fingerprint density at radius 1 is 1.60 bits per heavy atom. The van der Waals surface area contributed by atoms with E-state index < -0.39 is 0 Å². The Hall–Kier alpha value is -0.940. The highest BCUT2D eigenvalue weighted by atomic mass is 32.1. The van der Waals surface area contributed by atoms with Crippen LogP contribution in [0.5, 0.6) is 0 Å². The lowest BCUT2D eigenvalue weighted by molar-refractivity contribution is -0.117. The van der Waals surface area contributed by atoms with Crippen LogP contribution in [0.15, 0.2) is 0 Å². The number of carbonyl (C=O) groups is 1. The number of hydrogen-bond donors (Lipinski definition) is 2. The molecule has 0 unspecified atom stereocenters. The average Bonchev–Trinajstić information content (AvgIpc) is 2.77. The Balaban J connectivity index is 1.99. The highest BCUT2D eigenvalue weighted by Crippen LogP contribution is 2.21. The standard InChI is InChI=1S/C10H15N3OS/c1-6-7(2)15-10(12-6)13-9(14)8-4-3-5-11-8/h8,11H,3-5H2,1-2H3,(H,12,13,14)/t8-/m1/s1. The first-order valence-corrected chi connectivity index (χ1v) is 5.97. The second-order valence-corrected chi connectivity index (χ2v) is 5.00. The molecule has 1 saturated heterocycles. The lowest BCUT2D eigenvalue weighted by Gasteiger charge is -2.08. The molecule has 1 aliphatic heterocycles. The first-order valence-electron chi connectivity index (χ1n) is 5.15. The van der Waals surface area contributed by atoms with Gasteiger partial charge in [-0.2, -0.15) is 0 Å². The summed E-state index contributed by atoms with van der Waals surface area (Å²) in [5, 5.41) is 6.73. The summed E-state index contributed by atoms with van der Waals surface area (Å²) < 4.78 is 0. The molecule has 5 heteroatoms. The van der Waals surface area contributed by atoms with E-state index in [1.54, 1.807) is 0 Å². The molecule has 0 radical (unpaired) electrons. The van der Waals surface area contributed by atoms with Crippen LogP contribution in [0.2, 0.25) is 0 Å². The molecule has 1 atom stereocenters. The maximum absolute atomic E-state index is 11.7. The number of anilines is 1. The molecule has 2 N–H and O–H groups in total. The Bertz CT molecular complexity index is 349. The second-order valence-electron chi connectivity index (χ2n) is 3.80. The average molecular weight is 225 g/mol. The van der Waals surface area contributed by atoms with Gasteiger partial charge in [0.15, 0.2) is 5.13 Å². The van der Waals surface area contributed by atoms with Crippen LogP contribution in [0, 0.1) is 13.8 Å². The van der Waals surface area contributed by atoms with Crippen LogP contribution in [-0.4, -0.2) is 23.5 Å². The number of rotatable bonds is 2. The van der Waals surface area contributed by atoms with Crippen molar-refractivity contribution in [1.29, 1.82) is 0 Å². The van der Waals surface area contributed by atoms with Gasteiger partial charge in [-0.1, -0.05) is 0 Å². The summed E-state index contributed by atoms with van der Waals surface area (Å²) in [5.41, 5.74) is 0.995. The third kappa shape index (κ3) is 2.35. The number of nitrogens with one attached hydrogen (secondary N) is 2. The fraction of sp³-hybridized carbons (Fsp3) is 0.600. The highest BCUT2D eigenvalue weighted by molar-refractivity contribution is 7.15. The van der Waals surface area contributed by atoms with Crippen molar-refractivity contribution in [3.05, 3.63) is 10.6 Å². The molecule has 4 nitrogen and oxygen atoms in total. The maximum Gasteiger partial charge on any atom is 0.243 e. The van der Waals surface area contributed by atoms with E-state index in [1.165, 1.54) is 11.3 Å². The van der Waals surface area contributed by atoms with E-state index in [2.05, 4.69) is 15.6 Å². The first-order chi connectivity index (χ1) is 7.16. The maximum atomic E-state index is 11.7. The minimum Gasteiger partial charge on any atom is -0.306 e. The van der Waals surface area contributed by atoms with Gasteiger partial charge in [-0.25, -0.2) is 4.98 Å². The number of nitrogens with zero attached hydrogens (tertiary/aromatic N) is 1. The van der Waals surface area contributed by atoms with Gasteiger partial charge < -0.3 is 10.6 Å². The minimum absolute atomic E-state index is 0.0329. The molecule has 1 aromatic heterocycles. The van der Waals surface area contributed by atoms with Crippen molar-refractivity contribution >= 4 is 22.4 Å². The van der Waals surface area contributed by atoms with Crippen molar-refractivity contribution < 1.29 is 4.79 Å². The number of thiazole rings is 1. The second kappa shape index (κ2) is 4.28. The van der Waals surface area contributed by atoms with Crippen LogP contribution in [0.25, 0.3) is 0 Å². The van der Waals surface area contributed by atoms with Crippen LogP contribution in [0.3, 0.4) is 0 Å². The zero-order valence-electron chi connectivity index (χ0n) is 8.96. The van der Waals surface area contributed by atoms with Gasteiger partial charge >= 0.3 is 0 Å². The fourth-order valence-corrected chi connectivity index (χ4v) is 2.44. The van der Waals surface area contributed by atoms with Gasteiger partial charge in [-0.05, 0) is 33.2 Å². The predicted molar refractivity (Wildman–Crippen MR) is 61.2 cm³/mol. The zero-order valence-corrected chi connectivity index (χ0v) is 9.78.